The first kappa shape index (κ1) is 16.1. The Hall–Kier alpha value is -1.95. The molecule has 20 heavy (non-hydrogen) atoms. The number of aliphatic hydroxyl groups is 1. The molecule has 1 aromatic rings. The van der Waals surface area contributed by atoms with Gasteiger partial charge in [0.2, 0.25) is 0 Å². The maximum atomic E-state index is 12.0. The maximum Gasteiger partial charge on any atom is 0.270 e. The number of non-ortho nitro benzene ring substituents is 1. The fourth-order valence-corrected chi connectivity index (χ4v) is 1.90. The summed E-state index contributed by atoms with van der Waals surface area (Å²) in [6, 6.07) is 4.15. The molecule has 0 fully saturated rings. The van der Waals surface area contributed by atoms with E-state index >= 15 is 0 Å². The van der Waals surface area contributed by atoms with E-state index in [1.165, 1.54) is 18.2 Å². The molecule has 0 aliphatic carbocycles. The van der Waals surface area contributed by atoms with Gasteiger partial charge in [0.15, 0.2) is 0 Å². The van der Waals surface area contributed by atoms with E-state index < -0.39 is 16.9 Å². The molecule has 0 aliphatic rings. The lowest BCUT2D eigenvalue weighted by Crippen LogP contribution is -2.33. The topological polar surface area (TPSA) is 92.5 Å². The first-order chi connectivity index (χ1) is 9.31. The Morgan fingerprint density at radius 1 is 1.45 bits per heavy atom. The second-order valence-corrected chi connectivity index (χ2v) is 5.25. The number of aryl methyl sites for hydroxylation is 1. The fraction of sp³-hybridized carbons (Fsp3) is 0.500. The van der Waals surface area contributed by atoms with Crippen LogP contribution < -0.4 is 5.32 Å². The van der Waals surface area contributed by atoms with Crippen molar-refractivity contribution in [3.63, 3.8) is 0 Å². The second-order valence-electron chi connectivity index (χ2n) is 5.25. The van der Waals surface area contributed by atoms with Crippen LogP contribution in [0.25, 0.3) is 0 Å². The molecule has 2 N–H and O–H groups in total. The molecule has 0 bridgehead atoms. The summed E-state index contributed by atoms with van der Waals surface area (Å²) < 4.78 is 0. The largest absolute Gasteiger partial charge is 0.391 e. The summed E-state index contributed by atoms with van der Waals surface area (Å²) in [5.41, 5.74) is 0.797. The third-order valence-electron chi connectivity index (χ3n) is 2.92. The molecule has 0 aliphatic heterocycles. The van der Waals surface area contributed by atoms with E-state index in [1.54, 1.807) is 6.92 Å². The zero-order valence-electron chi connectivity index (χ0n) is 11.9. The zero-order chi connectivity index (χ0) is 15.3. The minimum absolute atomic E-state index is 0.122. The lowest BCUT2D eigenvalue weighted by Gasteiger charge is -2.14. The van der Waals surface area contributed by atoms with E-state index in [1.807, 2.05) is 13.8 Å². The Balaban J connectivity index is 2.72. The smallest absolute Gasteiger partial charge is 0.270 e. The van der Waals surface area contributed by atoms with Crippen LogP contribution in [0.15, 0.2) is 18.2 Å². The third-order valence-corrected chi connectivity index (χ3v) is 2.92. The molecule has 1 unspecified atom stereocenters. The summed E-state index contributed by atoms with van der Waals surface area (Å²) in [5, 5.41) is 23.0. The predicted molar refractivity (Wildman–Crippen MR) is 75.6 cm³/mol. The van der Waals surface area contributed by atoms with E-state index in [0.717, 1.165) is 0 Å². The summed E-state index contributed by atoms with van der Waals surface area (Å²) in [6.45, 7) is 5.81. The second kappa shape index (κ2) is 7.00. The van der Waals surface area contributed by atoms with E-state index in [-0.39, 0.29) is 17.8 Å². The number of nitrogens with zero attached hydrogens (tertiary/aromatic N) is 1. The van der Waals surface area contributed by atoms with E-state index in [2.05, 4.69) is 5.32 Å². The van der Waals surface area contributed by atoms with Gasteiger partial charge in [-0.1, -0.05) is 19.9 Å². The molecule has 6 heteroatoms. The number of aliphatic hydroxyl groups excluding tert-OH is 1. The van der Waals surface area contributed by atoms with Crippen molar-refractivity contribution in [3.05, 3.63) is 39.4 Å². The summed E-state index contributed by atoms with van der Waals surface area (Å²) in [7, 11) is 0. The first-order valence-electron chi connectivity index (χ1n) is 6.52. The molecule has 6 nitrogen and oxygen atoms in total. The van der Waals surface area contributed by atoms with Gasteiger partial charge in [0.1, 0.15) is 0 Å². The first-order valence-corrected chi connectivity index (χ1v) is 6.52. The van der Waals surface area contributed by atoms with Crippen molar-refractivity contribution < 1.29 is 14.8 Å². The van der Waals surface area contributed by atoms with Crippen molar-refractivity contribution in [2.45, 2.75) is 33.3 Å². The van der Waals surface area contributed by atoms with Crippen molar-refractivity contribution in [1.29, 1.82) is 0 Å². The van der Waals surface area contributed by atoms with E-state index in [0.29, 0.717) is 17.9 Å². The van der Waals surface area contributed by atoms with E-state index in [4.69, 9.17) is 0 Å². The van der Waals surface area contributed by atoms with Crippen molar-refractivity contribution in [3.8, 4) is 0 Å². The number of nitro benzene ring substituents is 1. The SMILES string of the molecule is Cc1ccc([N+](=O)[O-])cc1C(=O)NCC(O)CC(C)C. The standard InChI is InChI=1S/C14H20N2O4/c1-9(2)6-12(17)8-15-14(18)13-7-11(16(19)20)5-4-10(13)3/h4-5,7,9,12,17H,6,8H2,1-3H3,(H,15,18). The van der Waals surface area contributed by atoms with Gasteiger partial charge < -0.3 is 10.4 Å². The molecular weight excluding hydrogens is 260 g/mol. The van der Waals surface area contributed by atoms with Crippen LogP contribution in [-0.4, -0.2) is 28.6 Å². The molecule has 1 amide bonds. The zero-order valence-corrected chi connectivity index (χ0v) is 11.9. The van der Waals surface area contributed by atoms with Crippen LogP contribution in [0, 0.1) is 23.0 Å². The van der Waals surface area contributed by atoms with Gasteiger partial charge >= 0.3 is 0 Å². The Morgan fingerprint density at radius 2 is 2.10 bits per heavy atom. The number of nitrogens with one attached hydrogen (secondary N) is 1. The molecule has 0 saturated carbocycles. The van der Waals surface area contributed by atoms with E-state index in [9.17, 15) is 20.0 Å². The van der Waals surface area contributed by atoms with Crippen molar-refractivity contribution in [2.75, 3.05) is 6.54 Å². The van der Waals surface area contributed by atoms with Crippen LogP contribution in [0.1, 0.15) is 36.2 Å². The average molecular weight is 280 g/mol. The molecule has 1 atom stereocenters. The molecule has 0 heterocycles. The molecule has 0 spiro atoms. The molecular formula is C14H20N2O4. The van der Waals surface area contributed by atoms with Crippen molar-refractivity contribution in [2.24, 2.45) is 5.92 Å². The number of nitro groups is 1. The molecule has 0 radical (unpaired) electrons. The highest BCUT2D eigenvalue weighted by molar-refractivity contribution is 5.96. The van der Waals surface area contributed by atoms with Gasteiger partial charge in [-0.15, -0.1) is 0 Å². The number of amides is 1. The fourth-order valence-electron chi connectivity index (χ4n) is 1.90. The van der Waals surface area contributed by atoms with Gasteiger partial charge in [-0.2, -0.15) is 0 Å². The van der Waals surface area contributed by atoms with Gasteiger partial charge in [-0.05, 0) is 24.8 Å². The number of carbonyl (C=O) groups excluding carboxylic acids is 1. The summed E-state index contributed by atoms with van der Waals surface area (Å²) >= 11 is 0. The molecule has 1 rings (SSSR count). The Bertz CT molecular complexity index is 500. The minimum atomic E-state index is -0.613. The Morgan fingerprint density at radius 3 is 2.65 bits per heavy atom. The van der Waals surface area contributed by atoms with Crippen LogP contribution in [0.4, 0.5) is 5.69 Å². The van der Waals surface area contributed by atoms with Gasteiger partial charge in [-0.3, -0.25) is 14.9 Å². The third kappa shape index (κ3) is 4.62. The number of benzene rings is 1. The summed E-state index contributed by atoms with van der Waals surface area (Å²) in [5.74, 6) is -0.0737. The number of rotatable bonds is 6. The molecule has 0 saturated heterocycles. The summed E-state index contributed by atoms with van der Waals surface area (Å²) in [6.07, 6.45) is -0.0215. The predicted octanol–water partition coefficient (Wildman–Crippen LogP) is 2.04. The van der Waals surface area contributed by atoms with Crippen molar-refractivity contribution >= 4 is 11.6 Å². The van der Waals surface area contributed by atoms with Crippen LogP contribution in [0.3, 0.4) is 0 Å². The van der Waals surface area contributed by atoms with Gasteiger partial charge in [-0.25, -0.2) is 0 Å². The van der Waals surface area contributed by atoms with Crippen LogP contribution >= 0.6 is 0 Å². The highest BCUT2D eigenvalue weighted by Gasteiger charge is 2.15. The number of hydrogen-bond acceptors (Lipinski definition) is 4. The lowest BCUT2D eigenvalue weighted by atomic mass is 10.1. The van der Waals surface area contributed by atoms with Crippen LogP contribution in [0.5, 0.6) is 0 Å². The summed E-state index contributed by atoms with van der Waals surface area (Å²) in [4.78, 5) is 22.2. The number of carbonyl (C=O) groups is 1. The van der Waals surface area contributed by atoms with Crippen LogP contribution in [0.2, 0.25) is 0 Å². The van der Waals surface area contributed by atoms with Crippen molar-refractivity contribution in [1.82, 2.24) is 5.32 Å². The highest BCUT2D eigenvalue weighted by atomic mass is 16.6. The quantitative estimate of drug-likeness (QED) is 0.616. The number of hydrogen-bond donors (Lipinski definition) is 2. The van der Waals surface area contributed by atoms with Crippen LogP contribution in [-0.2, 0) is 0 Å². The monoisotopic (exact) mass is 280 g/mol. The lowest BCUT2D eigenvalue weighted by molar-refractivity contribution is -0.384. The molecule has 1 aromatic carbocycles. The molecule has 0 aromatic heterocycles. The van der Waals surface area contributed by atoms with Gasteiger partial charge in [0.25, 0.3) is 11.6 Å². The van der Waals surface area contributed by atoms with Gasteiger partial charge in [0.05, 0.1) is 11.0 Å². The average Bonchev–Trinajstić information content (AvgIpc) is 2.35. The Labute approximate surface area is 118 Å². The normalized spacial score (nSPS) is 12.2. The minimum Gasteiger partial charge on any atom is -0.391 e. The highest BCUT2D eigenvalue weighted by Crippen LogP contribution is 2.17. The molecule has 110 valence electrons. The van der Waals surface area contributed by atoms with Gasteiger partial charge in [0, 0.05) is 24.2 Å². The maximum absolute atomic E-state index is 12.0. The Kier molecular flexibility index (Phi) is 5.64.